The number of hydrogen-bond donors (Lipinski definition) is 3. The van der Waals surface area contributed by atoms with E-state index in [-0.39, 0.29) is 12.5 Å². The zero-order valence-electron chi connectivity index (χ0n) is 16.0. The Kier molecular flexibility index (Phi) is 6.67. The molecule has 1 atom stereocenters. The second-order valence-electron chi connectivity index (χ2n) is 6.99. The highest BCUT2D eigenvalue weighted by molar-refractivity contribution is 5.94. The molecule has 2 aromatic rings. The van der Waals surface area contributed by atoms with Gasteiger partial charge in [0, 0.05) is 29.6 Å². The van der Waals surface area contributed by atoms with Gasteiger partial charge in [0.1, 0.15) is 24.0 Å². The number of furan rings is 1. The van der Waals surface area contributed by atoms with Gasteiger partial charge in [-0.3, -0.25) is 4.79 Å². The van der Waals surface area contributed by atoms with Crippen molar-refractivity contribution < 1.29 is 19.1 Å². The third kappa shape index (κ3) is 4.19. The molecular weight excluding hydrogens is 332 g/mol. The third-order valence-electron chi connectivity index (χ3n) is 4.95. The van der Waals surface area contributed by atoms with Crippen LogP contribution in [0, 0.1) is 0 Å². The Bertz CT molecular complexity index is 734. The van der Waals surface area contributed by atoms with Crippen LogP contribution < -0.4 is 15.8 Å². The van der Waals surface area contributed by atoms with Crippen LogP contribution in [0.5, 0.6) is 5.75 Å². The number of nitrogens with two attached hydrogens (primary N) is 1. The Morgan fingerprint density at radius 3 is 2.62 bits per heavy atom. The highest BCUT2D eigenvalue weighted by Gasteiger charge is 2.37. The normalized spacial score (nSPS) is 13.3. The predicted octanol–water partition coefficient (Wildman–Crippen LogP) is 2.71. The largest absolute Gasteiger partial charge is 0.491 e. The van der Waals surface area contributed by atoms with Gasteiger partial charge in [0.25, 0.3) is 0 Å². The van der Waals surface area contributed by atoms with Crippen LogP contribution in [-0.2, 0) is 10.2 Å². The average Bonchev–Trinajstić information content (AvgIpc) is 3.03. The van der Waals surface area contributed by atoms with Crippen LogP contribution in [0.2, 0.25) is 0 Å². The maximum atomic E-state index is 12.1. The molecule has 1 amide bonds. The lowest BCUT2D eigenvalue weighted by molar-refractivity contribution is -0.123. The molecule has 0 saturated carbocycles. The Morgan fingerprint density at radius 1 is 1.35 bits per heavy atom. The van der Waals surface area contributed by atoms with E-state index in [4.69, 9.17) is 14.9 Å². The van der Waals surface area contributed by atoms with E-state index < -0.39 is 11.5 Å². The summed E-state index contributed by atoms with van der Waals surface area (Å²) in [6.07, 6.45) is 2.25. The van der Waals surface area contributed by atoms with E-state index >= 15 is 0 Å². The summed E-state index contributed by atoms with van der Waals surface area (Å²) in [5.41, 5.74) is 6.42. The highest BCUT2D eigenvalue weighted by Crippen LogP contribution is 2.38. The molecular formula is C20H30N2O4. The van der Waals surface area contributed by atoms with Crippen molar-refractivity contribution in [3.63, 3.8) is 0 Å². The van der Waals surface area contributed by atoms with Crippen LogP contribution in [0.25, 0.3) is 11.0 Å². The van der Waals surface area contributed by atoms with Crippen LogP contribution in [0.3, 0.4) is 0 Å². The fourth-order valence-corrected chi connectivity index (χ4v) is 3.20. The van der Waals surface area contributed by atoms with Crippen molar-refractivity contribution in [3.05, 3.63) is 30.0 Å². The van der Waals surface area contributed by atoms with Crippen molar-refractivity contribution in [1.29, 1.82) is 0 Å². The zero-order valence-corrected chi connectivity index (χ0v) is 16.0. The van der Waals surface area contributed by atoms with Gasteiger partial charge in [-0.1, -0.05) is 27.7 Å². The number of rotatable bonds is 10. The summed E-state index contributed by atoms with van der Waals surface area (Å²) < 4.78 is 11.3. The van der Waals surface area contributed by atoms with Crippen molar-refractivity contribution >= 4 is 16.9 Å². The Hall–Kier alpha value is -2.05. The Morgan fingerprint density at radius 2 is 2.04 bits per heavy atom. The van der Waals surface area contributed by atoms with Crippen LogP contribution in [0.15, 0.2) is 28.9 Å². The van der Waals surface area contributed by atoms with Gasteiger partial charge in [-0.15, -0.1) is 0 Å². The van der Waals surface area contributed by atoms with E-state index in [2.05, 4.69) is 5.32 Å². The lowest BCUT2D eigenvalue weighted by Crippen LogP contribution is -2.40. The maximum absolute atomic E-state index is 12.1. The topological polar surface area (TPSA) is 97.7 Å². The van der Waals surface area contributed by atoms with Crippen molar-refractivity contribution in [1.82, 2.24) is 5.32 Å². The molecule has 26 heavy (non-hydrogen) atoms. The summed E-state index contributed by atoms with van der Waals surface area (Å²) in [4.78, 5) is 12.1. The summed E-state index contributed by atoms with van der Waals surface area (Å²) in [5.74, 6) is 0.269. The number of carbonyl (C=O) groups is 1. The van der Waals surface area contributed by atoms with Crippen LogP contribution >= 0.6 is 0 Å². The number of amides is 1. The second-order valence-corrected chi connectivity index (χ2v) is 6.99. The lowest BCUT2D eigenvalue weighted by Gasteiger charge is -2.27. The van der Waals surface area contributed by atoms with E-state index in [1.165, 1.54) is 0 Å². The van der Waals surface area contributed by atoms with Gasteiger partial charge < -0.3 is 25.3 Å². The molecule has 144 valence electrons. The zero-order chi connectivity index (χ0) is 19.3. The lowest BCUT2D eigenvalue weighted by atomic mass is 9.75. The Balaban J connectivity index is 2.17. The standard InChI is InChI=1S/C20H30N2O4/c1-5-20(6-2,19(21)24)17-12-26-18-9-15(7-8-16(17)18)25-11-14(23)10-22-13(3)4/h7-9,12-14,22-23H,5-6,10-11H2,1-4H3,(H2,21,24). The Labute approximate surface area is 154 Å². The minimum Gasteiger partial charge on any atom is -0.491 e. The molecule has 2 rings (SSSR count). The van der Waals surface area contributed by atoms with E-state index in [9.17, 15) is 9.90 Å². The molecule has 1 aromatic heterocycles. The molecule has 0 aliphatic rings. The molecule has 1 unspecified atom stereocenters. The van der Waals surface area contributed by atoms with E-state index in [1.807, 2.05) is 39.8 Å². The molecule has 0 fully saturated rings. The molecule has 6 nitrogen and oxygen atoms in total. The summed E-state index contributed by atoms with van der Waals surface area (Å²) in [5, 5.41) is 14.0. The minimum absolute atomic E-state index is 0.188. The number of carbonyl (C=O) groups excluding carboxylic acids is 1. The molecule has 0 saturated heterocycles. The first kappa shape index (κ1) is 20.3. The number of primary amides is 1. The average molecular weight is 362 g/mol. The van der Waals surface area contributed by atoms with Gasteiger partial charge in [-0.25, -0.2) is 0 Å². The molecule has 0 aliphatic carbocycles. The van der Waals surface area contributed by atoms with Crippen LogP contribution in [0.4, 0.5) is 0 Å². The molecule has 0 aliphatic heterocycles. The highest BCUT2D eigenvalue weighted by atomic mass is 16.5. The molecule has 0 radical (unpaired) electrons. The van der Waals surface area contributed by atoms with Crippen molar-refractivity contribution in [2.75, 3.05) is 13.2 Å². The van der Waals surface area contributed by atoms with Crippen LogP contribution in [-0.4, -0.2) is 36.3 Å². The van der Waals surface area contributed by atoms with E-state index in [0.29, 0.717) is 36.8 Å². The summed E-state index contributed by atoms with van der Waals surface area (Å²) >= 11 is 0. The quantitative estimate of drug-likeness (QED) is 0.604. The molecule has 1 aromatic carbocycles. The number of hydrogen-bond acceptors (Lipinski definition) is 5. The van der Waals surface area contributed by atoms with Crippen molar-refractivity contribution in [2.24, 2.45) is 5.73 Å². The predicted molar refractivity (Wildman–Crippen MR) is 102 cm³/mol. The van der Waals surface area contributed by atoms with Gasteiger partial charge in [-0.2, -0.15) is 0 Å². The minimum atomic E-state index is -0.730. The monoisotopic (exact) mass is 362 g/mol. The number of benzene rings is 1. The first-order valence-electron chi connectivity index (χ1n) is 9.20. The van der Waals surface area contributed by atoms with Gasteiger partial charge in [0.15, 0.2) is 0 Å². The van der Waals surface area contributed by atoms with Crippen LogP contribution in [0.1, 0.15) is 46.1 Å². The summed E-state index contributed by atoms with van der Waals surface area (Å²) in [6.45, 7) is 8.62. The molecule has 0 bridgehead atoms. The molecule has 6 heteroatoms. The number of nitrogens with one attached hydrogen (secondary N) is 1. The summed E-state index contributed by atoms with van der Waals surface area (Å²) in [7, 11) is 0. The maximum Gasteiger partial charge on any atom is 0.228 e. The van der Waals surface area contributed by atoms with Crippen molar-refractivity contribution in [2.45, 2.75) is 58.1 Å². The van der Waals surface area contributed by atoms with E-state index in [0.717, 1.165) is 10.9 Å². The number of aliphatic hydroxyl groups excluding tert-OH is 1. The summed E-state index contributed by atoms with van der Waals surface area (Å²) in [6, 6.07) is 5.79. The van der Waals surface area contributed by atoms with Gasteiger partial charge in [0.2, 0.25) is 5.91 Å². The fraction of sp³-hybridized carbons (Fsp3) is 0.550. The van der Waals surface area contributed by atoms with E-state index in [1.54, 1.807) is 12.3 Å². The first-order chi connectivity index (χ1) is 12.3. The SMILES string of the molecule is CCC(CC)(C(N)=O)c1coc2cc(OCC(O)CNC(C)C)ccc12. The van der Waals surface area contributed by atoms with Gasteiger partial charge in [0.05, 0.1) is 11.7 Å². The third-order valence-corrected chi connectivity index (χ3v) is 4.95. The van der Waals surface area contributed by atoms with Crippen molar-refractivity contribution in [3.8, 4) is 5.75 Å². The van der Waals surface area contributed by atoms with Gasteiger partial charge >= 0.3 is 0 Å². The molecule has 4 N–H and O–H groups in total. The fourth-order valence-electron chi connectivity index (χ4n) is 3.20. The number of aliphatic hydroxyl groups is 1. The molecule has 0 spiro atoms. The first-order valence-corrected chi connectivity index (χ1v) is 9.20. The number of ether oxygens (including phenoxy) is 1. The smallest absolute Gasteiger partial charge is 0.228 e. The van der Waals surface area contributed by atoms with Gasteiger partial charge in [-0.05, 0) is 25.0 Å². The molecule has 1 heterocycles. The number of fused-ring (bicyclic) bond motifs is 1. The second kappa shape index (κ2) is 8.56.